The first-order chi connectivity index (χ1) is 9.43. The van der Waals surface area contributed by atoms with E-state index < -0.39 is 5.72 Å². The van der Waals surface area contributed by atoms with Crippen LogP contribution in [-0.4, -0.2) is 43.9 Å². The molecule has 0 spiro atoms. The third-order valence-electron chi connectivity index (χ3n) is 4.16. The molecule has 2 aliphatic rings. The summed E-state index contributed by atoms with van der Waals surface area (Å²) in [7, 11) is 0. The maximum Gasteiger partial charge on any atom is 0.302 e. The van der Waals surface area contributed by atoms with Gasteiger partial charge in [0, 0.05) is 13.0 Å². The lowest BCUT2D eigenvalue weighted by atomic mass is 9.92. The number of ether oxygens (including phenoxy) is 1. The van der Waals surface area contributed by atoms with Gasteiger partial charge in [0.2, 0.25) is 0 Å². The minimum atomic E-state index is -0.941. The Morgan fingerprint density at radius 3 is 2.75 bits per heavy atom. The fraction of sp³-hybridized carbons (Fsp3) is 0.857. The molecule has 1 N–H and O–H groups in total. The van der Waals surface area contributed by atoms with Crippen LogP contribution in [0.15, 0.2) is 0 Å². The Kier molecular flexibility index (Phi) is 5.31. The van der Waals surface area contributed by atoms with E-state index in [1.165, 1.54) is 26.2 Å². The van der Waals surface area contributed by atoms with Gasteiger partial charge < -0.3 is 14.7 Å². The maximum atomic E-state index is 10.9. The summed E-state index contributed by atoms with van der Waals surface area (Å²) in [5, 5.41) is 10.8. The van der Waals surface area contributed by atoms with Gasteiger partial charge in [-0.25, -0.2) is 0 Å². The van der Waals surface area contributed by atoms with Crippen molar-refractivity contribution in [1.29, 1.82) is 0 Å². The average molecular weight is 317 g/mol. The lowest BCUT2D eigenvalue weighted by Crippen LogP contribution is -2.53. The Morgan fingerprint density at radius 1 is 1.50 bits per heavy atom. The van der Waals surface area contributed by atoms with Crippen molar-refractivity contribution in [2.24, 2.45) is 0 Å². The largest absolute Gasteiger partial charge is 0.466 e. The number of nitrogens with zero attached hydrogens (tertiary/aromatic N) is 1. The third-order valence-corrected chi connectivity index (χ3v) is 6.01. The van der Waals surface area contributed by atoms with Crippen molar-refractivity contribution in [3.8, 4) is 0 Å². The molecule has 6 heteroatoms. The number of rotatable bonds is 4. The summed E-state index contributed by atoms with van der Waals surface area (Å²) in [6.45, 7) is 3.58. The van der Waals surface area contributed by atoms with Crippen LogP contribution in [0, 0.1) is 0 Å². The summed E-state index contributed by atoms with van der Waals surface area (Å²) in [5.41, 5.74) is -0.941. The molecule has 0 bridgehead atoms. The van der Waals surface area contributed by atoms with Crippen LogP contribution in [0.4, 0.5) is 0 Å². The monoisotopic (exact) mass is 317 g/mol. The van der Waals surface area contributed by atoms with Gasteiger partial charge in [-0.3, -0.25) is 4.79 Å². The third kappa shape index (κ3) is 3.46. The first-order valence-electron chi connectivity index (χ1n) is 7.28. The van der Waals surface area contributed by atoms with Gasteiger partial charge in [-0.1, -0.05) is 43.2 Å². The number of thiocarbonyl (C=S) groups is 1. The molecule has 2 fully saturated rings. The van der Waals surface area contributed by atoms with Crippen LogP contribution in [0.2, 0.25) is 0 Å². The molecule has 4 nitrogen and oxygen atoms in total. The number of thioether (sulfide) groups is 1. The van der Waals surface area contributed by atoms with Gasteiger partial charge in [0.1, 0.15) is 10.0 Å². The van der Waals surface area contributed by atoms with Crippen molar-refractivity contribution in [2.45, 2.75) is 69.4 Å². The Morgan fingerprint density at radius 2 is 2.15 bits per heavy atom. The number of hydrogen-bond acceptors (Lipinski definition) is 5. The fourth-order valence-electron chi connectivity index (χ4n) is 3.13. The van der Waals surface area contributed by atoms with Crippen LogP contribution in [0.3, 0.4) is 0 Å². The van der Waals surface area contributed by atoms with Crippen LogP contribution >= 0.6 is 24.0 Å². The van der Waals surface area contributed by atoms with Crippen LogP contribution in [0.5, 0.6) is 0 Å². The zero-order valence-electron chi connectivity index (χ0n) is 12.1. The van der Waals surface area contributed by atoms with Crippen molar-refractivity contribution in [3.63, 3.8) is 0 Å². The van der Waals surface area contributed by atoms with E-state index in [1.54, 1.807) is 11.8 Å². The molecule has 0 amide bonds. The van der Waals surface area contributed by atoms with Gasteiger partial charge in [0.05, 0.1) is 11.9 Å². The summed E-state index contributed by atoms with van der Waals surface area (Å²) >= 11 is 7.01. The van der Waals surface area contributed by atoms with Crippen molar-refractivity contribution < 1.29 is 14.6 Å². The number of carbonyl (C=O) groups is 1. The second-order valence-corrected chi connectivity index (χ2v) is 7.59. The van der Waals surface area contributed by atoms with E-state index >= 15 is 0 Å². The molecule has 20 heavy (non-hydrogen) atoms. The molecule has 2 unspecified atom stereocenters. The standard InChI is InChI=1S/C14H23NO3S2/c1-10(16)18-9-8-12-14(2,17)15(13(19)20-12)11-6-4-3-5-7-11/h11-12,17H,3-9H2,1-2H3. The number of hydrogen-bond donors (Lipinski definition) is 1. The molecule has 0 aromatic heterocycles. The molecule has 2 atom stereocenters. The van der Waals surface area contributed by atoms with Crippen molar-refractivity contribution in [1.82, 2.24) is 4.90 Å². The highest BCUT2D eigenvalue weighted by atomic mass is 32.2. The predicted molar refractivity (Wildman–Crippen MR) is 84.6 cm³/mol. The summed E-state index contributed by atoms with van der Waals surface area (Å²) < 4.78 is 5.77. The van der Waals surface area contributed by atoms with Crippen LogP contribution in [0.25, 0.3) is 0 Å². The molecule has 114 valence electrons. The molecule has 1 saturated heterocycles. The maximum absolute atomic E-state index is 10.9. The highest BCUT2D eigenvalue weighted by Gasteiger charge is 2.49. The van der Waals surface area contributed by atoms with E-state index in [4.69, 9.17) is 17.0 Å². The van der Waals surface area contributed by atoms with E-state index in [9.17, 15) is 9.90 Å². The molecule has 1 saturated carbocycles. The predicted octanol–water partition coefficient (Wildman–Crippen LogP) is 2.68. The van der Waals surface area contributed by atoms with Gasteiger partial charge >= 0.3 is 5.97 Å². The zero-order valence-corrected chi connectivity index (χ0v) is 13.8. The van der Waals surface area contributed by atoms with Crippen molar-refractivity contribution in [3.05, 3.63) is 0 Å². The summed E-state index contributed by atoms with van der Waals surface area (Å²) in [5.74, 6) is -0.278. The SMILES string of the molecule is CC(=O)OCCC1SC(=S)N(C2CCCCC2)C1(C)O. The number of aliphatic hydroxyl groups is 1. The topological polar surface area (TPSA) is 49.8 Å². The Bertz CT molecular complexity index is 381. The Balaban J connectivity index is 1.99. The van der Waals surface area contributed by atoms with Crippen molar-refractivity contribution >= 4 is 34.3 Å². The second-order valence-electron chi connectivity index (χ2n) is 5.76. The zero-order chi connectivity index (χ0) is 14.8. The molecule has 1 aliphatic carbocycles. The number of esters is 1. The summed E-state index contributed by atoms with van der Waals surface area (Å²) in [6.07, 6.45) is 6.54. The highest BCUT2D eigenvalue weighted by Crippen LogP contribution is 2.43. The van der Waals surface area contributed by atoms with Gasteiger partial charge in [0.15, 0.2) is 0 Å². The smallest absolute Gasteiger partial charge is 0.302 e. The molecular weight excluding hydrogens is 294 g/mol. The van der Waals surface area contributed by atoms with E-state index in [-0.39, 0.29) is 11.2 Å². The Hall–Kier alpha value is -0.330. The molecule has 1 heterocycles. The normalized spacial score (nSPS) is 31.6. The van der Waals surface area contributed by atoms with Crippen LogP contribution in [0.1, 0.15) is 52.4 Å². The second kappa shape index (κ2) is 6.62. The van der Waals surface area contributed by atoms with E-state index in [2.05, 4.69) is 0 Å². The molecule has 0 aromatic rings. The highest BCUT2D eigenvalue weighted by molar-refractivity contribution is 8.23. The van der Waals surface area contributed by atoms with Gasteiger partial charge in [-0.2, -0.15) is 0 Å². The molecule has 0 radical (unpaired) electrons. The van der Waals surface area contributed by atoms with E-state index in [0.717, 1.165) is 17.2 Å². The first-order valence-corrected chi connectivity index (χ1v) is 8.57. The van der Waals surface area contributed by atoms with E-state index in [1.807, 2.05) is 11.8 Å². The minimum Gasteiger partial charge on any atom is -0.466 e. The van der Waals surface area contributed by atoms with E-state index in [0.29, 0.717) is 19.1 Å². The first kappa shape index (κ1) is 16.0. The lowest BCUT2D eigenvalue weighted by molar-refractivity contribution is -0.141. The Labute approximate surface area is 130 Å². The molecular formula is C14H23NO3S2. The van der Waals surface area contributed by atoms with Crippen molar-refractivity contribution in [2.75, 3.05) is 6.61 Å². The fourth-order valence-corrected chi connectivity index (χ4v) is 5.05. The lowest BCUT2D eigenvalue weighted by Gasteiger charge is -2.41. The van der Waals surface area contributed by atoms with Crippen LogP contribution in [-0.2, 0) is 9.53 Å². The summed E-state index contributed by atoms with van der Waals surface area (Å²) in [6, 6.07) is 0.359. The quantitative estimate of drug-likeness (QED) is 0.635. The number of carbonyl (C=O) groups excluding carboxylic acids is 1. The van der Waals surface area contributed by atoms with Gasteiger partial charge in [-0.15, -0.1) is 0 Å². The average Bonchev–Trinajstić information content (AvgIpc) is 2.60. The van der Waals surface area contributed by atoms with Gasteiger partial charge in [-0.05, 0) is 26.2 Å². The van der Waals surface area contributed by atoms with Gasteiger partial charge in [0.25, 0.3) is 0 Å². The molecule has 2 rings (SSSR count). The minimum absolute atomic E-state index is 0.0312. The van der Waals surface area contributed by atoms with Crippen LogP contribution < -0.4 is 0 Å². The molecule has 0 aromatic carbocycles. The summed E-state index contributed by atoms with van der Waals surface area (Å²) in [4.78, 5) is 12.9. The molecule has 1 aliphatic heterocycles.